The van der Waals surface area contributed by atoms with E-state index in [4.69, 9.17) is 11.6 Å². The van der Waals surface area contributed by atoms with Gasteiger partial charge < -0.3 is 10.0 Å². The number of carboxylic acid groups (broad SMARTS) is 1. The van der Waals surface area contributed by atoms with Crippen LogP contribution in [0, 0.1) is 0 Å². The van der Waals surface area contributed by atoms with Crippen molar-refractivity contribution in [1.29, 1.82) is 0 Å². The van der Waals surface area contributed by atoms with E-state index in [1.54, 1.807) is 24.3 Å². The van der Waals surface area contributed by atoms with Crippen molar-refractivity contribution in [2.75, 3.05) is 11.4 Å². The molecule has 106 valence electrons. The maximum absolute atomic E-state index is 12.5. The molecule has 1 N–H and O–H groups in total. The molecule has 0 aliphatic carbocycles. The first-order valence-electron chi connectivity index (χ1n) is 6.21. The number of nitrogens with zero attached hydrogens (tertiary/aromatic N) is 3. The summed E-state index contributed by atoms with van der Waals surface area (Å²) in [6.45, 7) is 0.0812. The van der Waals surface area contributed by atoms with Gasteiger partial charge in [-0.2, -0.15) is 0 Å². The van der Waals surface area contributed by atoms with Crippen molar-refractivity contribution >= 4 is 29.2 Å². The predicted molar refractivity (Wildman–Crippen MR) is 75.5 cm³/mol. The minimum absolute atomic E-state index is 0.0812. The average molecular weight is 304 g/mol. The third kappa shape index (κ3) is 2.34. The van der Waals surface area contributed by atoms with Gasteiger partial charge in [0.1, 0.15) is 5.92 Å². The Labute approximate surface area is 125 Å². The zero-order valence-corrected chi connectivity index (χ0v) is 11.5. The number of benzene rings is 1. The highest BCUT2D eigenvalue weighted by atomic mass is 35.5. The lowest BCUT2D eigenvalue weighted by Gasteiger charge is -2.16. The molecule has 2 aromatic rings. The number of para-hydroxylation sites is 1. The summed E-state index contributed by atoms with van der Waals surface area (Å²) in [5, 5.41) is 16.9. The second kappa shape index (κ2) is 5.14. The number of carbonyl (C=O) groups excluding carboxylic acids is 1. The van der Waals surface area contributed by atoms with Gasteiger partial charge in [0.25, 0.3) is 5.91 Å². The molecule has 1 unspecified atom stereocenters. The zero-order chi connectivity index (χ0) is 15.0. The number of amides is 1. The summed E-state index contributed by atoms with van der Waals surface area (Å²) in [5.41, 5.74) is 1.34. The van der Waals surface area contributed by atoms with E-state index in [0.29, 0.717) is 11.3 Å². The molecule has 0 fully saturated rings. The van der Waals surface area contributed by atoms with E-state index < -0.39 is 17.8 Å². The van der Waals surface area contributed by atoms with Gasteiger partial charge in [-0.1, -0.05) is 29.8 Å². The summed E-state index contributed by atoms with van der Waals surface area (Å²) < 4.78 is 0. The third-order valence-corrected chi connectivity index (χ3v) is 3.56. The SMILES string of the molecule is O=C(O)C1CN(C(=O)c2ccc(Cl)nn2)c2ccccc21. The number of aromatic nitrogens is 2. The molecule has 1 atom stereocenters. The van der Waals surface area contributed by atoms with Crippen LogP contribution < -0.4 is 4.90 Å². The van der Waals surface area contributed by atoms with E-state index in [9.17, 15) is 14.7 Å². The number of halogens is 1. The molecule has 1 aliphatic heterocycles. The number of carbonyl (C=O) groups is 2. The van der Waals surface area contributed by atoms with Crippen LogP contribution in [0.2, 0.25) is 5.15 Å². The zero-order valence-electron chi connectivity index (χ0n) is 10.7. The van der Waals surface area contributed by atoms with Gasteiger partial charge in [-0.25, -0.2) is 0 Å². The molecule has 3 rings (SSSR count). The summed E-state index contributed by atoms with van der Waals surface area (Å²) in [7, 11) is 0. The molecule has 0 radical (unpaired) electrons. The highest BCUT2D eigenvalue weighted by molar-refractivity contribution is 6.29. The van der Waals surface area contributed by atoms with Crippen LogP contribution in [-0.4, -0.2) is 33.7 Å². The van der Waals surface area contributed by atoms with E-state index in [1.807, 2.05) is 0 Å². The predicted octanol–water partition coefficient (Wildman–Crippen LogP) is 1.96. The fourth-order valence-corrected chi connectivity index (χ4v) is 2.48. The summed E-state index contributed by atoms with van der Waals surface area (Å²) >= 11 is 5.65. The molecule has 1 aliphatic rings. The maximum atomic E-state index is 12.5. The monoisotopic (exact) mass is 303 g/mol. The Balaban J connectivity index is 1.98. The first kappa shape index (κ1) is 13.5. The molecule has 1 aromatic carbocycles. The van der Waals surface area contributed by atoms with Crippen LogP contribution in [-0.2, 0) is 4.79 Å². The molecular formula is C14H10ClN3O3. The van der Waals surface area contributed by atoms with Crippen molar-refractivity contribution in [1.82, 2.24) is 10.2 Å². The van der Waals surface area contributed by atoms with Gasteiger partial charge in [0.05, 0.1) is 0 Å². The van der Waals surface area contributed by atoms with Gasteiger partial charge in [-0.15, -0.1) is 10.2 Å². The standard InChI is InChI=1S/C14H10ClN3O3/c15-12-6-5-10(16-17-12)13(19)18-7-9(14(20)21)8-3-1-2-4-11(8)18/h1-6,9H,7H2,(H,20,21). The van der Waals surface area contributed by atoms with Gasteiger partial charge in [0.2, 0.25) is 0 Å². The molecule has 0 bridgehead atoms. The number of aliphatic carboxylic acids is 1. The van der Waals surface area contributed by atoms with Crippen LogP contribution >= 0.6 is 11.6 Å². The minimum atomic E-state index is -0.958. The van der Waals surface area contributed by atoms with Crippen molar-refractivity contribution in [2.45, 2.75) is 5.92 Å². The topological polar surface area (TPSA) is 83.4 Å². The van der Waals surface area contributed by atoms with Crippen LogP contribution in [0.15, 0.2) is 36.4 Å². The van der Waals surface area contributed by atoms with Gasteiger partial charge >= 0.3 is 5.97 Å². The van der Waals surface area contributed by atoms with Crippen LogP contribution in [0.1, 0.15) is 22.0 Å². The van der Waals surface area contributed by atoms with E-state index in [1.165, 1.54) is 17.0 Å². The number of hydrogen-bond donors (Lipinski definition) is 1. The lowest BCUT2D eigenvalue weighted by Crippen LogP contribution is -2.32. The minimum Gasteiger partial charge on any atom is -0.481 e. The molecule has 0 saturated carbocycles. The molecule has 1 aromatic heterocycles. The second-order valence-corrected chi connectivity index (χ2v) is 4.99. The van der Waals surface area contributed by atoms with Crippen LogP contribution in [0.5, 0.6) is 0 Å². The van der Waals surface area contributed by atoms with E-state index >= 15 is 0 Å². The molecule has 7 heteroatoms. The Bertz CT molecular complexity index is 718. The van der Waals surface area contributed by atoms with Crippen molar-refractivity contribution < 1.29 is 14.7 Å². The summed E-state index contributed by atoms with van der Waals surface area (Å²) in [5.74, 6) is -2.08. The van der Waals surface area contributed by atoms with Gasteiger partial charge in [-0.3, -0.25) is 9.59 Å². The largest absolute Gasteiger partial charge is 0.481 e. The van der Waals surface area contributed by atoms with Gasteiger partial charge in [-0.05, 0) is 23.8 Å². The smallest absolute Gasteiger partial charge is 0.312 e. The first-order valence-corrected chi connectivity index (χ1v) is 6.58. The quantitative estimate of drug-likeness (QED) is 0.917. The number of fused-ring (bicyclic) bond motifs is 1. The van der Waals surface area contributed by atoms with Crippen molar-refractivity contribution in [2.24, 2.45) is 0 Å². The lowest BCUT2D eigenvalue weighted by molar-refractivity contribution is -0.138. The van der Waals surface area contributed by atoms with Crippen molar-refractivity contribution in [3.63, 3.8) is 0 Å². The Hall–Kier alpha value is -2.47. The number of anilines is 1. The average Bonchev–Trinajstić information content (AvgIpc) is 2.87. The van der Waals surface area contributed by atoms with Gasteiger partial charge in [0, 0.05) is 12.2 Å². The summed E-state index contributed by atoms with van der Waals surface area (Å²) in [4.78, 5) is 25.2. The number of rotatable bonds is 2. The highest BCUT2D eigenvalue weighted by Gasteiger charge is 2.37. The normalized spacial score (nSPS) is 16.6. The van der Waals surface area contributed by atoms with Crippen LogP contribution in [0.4, 0.5) is 5.69 Å². The summed E-state index contributed by atoms with van der Waals surface area (Å²) in [6.07, 6.45) is 0. The second-order valence-electron chi connectivity index (χ2n) is 4.61. The fourth-order valence-electron chi connectivity index (χ4n) is 2.38. The lowest BCUT2D eigenvalue weighted by atomic mass is 10.0. The van der Waals surface area contributed by atoms with Crippen LogP contribution in [0.25, 0.3) is 0 Å². The number of carboxylic acids is 1. The molecular weight excluding hydrogens is 294 g/mol. The number of hydrogen-bond acceptors (Lipinski definition) is 4. The fraction of sp³-hybridized carbons (Fsp3) is 0.143. The van der Waals surface area contributed by atoms with Crippen LogP contribution in [0.3, 0.4) is 0 Å². The van der Waals surface area contributed by atoms with E-state index in [-0.39, 0.29) is 17.4 Å². The summed E-state index contributed by atoms with van der Waals surface area (Å²) in [6, 6.07) is 9.89. The maximum Gasteiger partial charge on any atom is 0.312 e. The molecule has 1 amide bonds. The Morgan fingerprint density at radius 1 is 1.19 bits per heavy atom. The Morgan fingerprint density at radius 3 is 2.62 bits per heavy atom. The molecule has 2 heterocycles. The Morgan fingerprint density at radius 2 is 1.95 bits per heavy atom. The molecule has 6 nitrogen and oxygen atoms in total. The Kier molecular flexibility index (Phi) is 3.31. The van der Waals surface area contributed by atoms with E-state index in [2.05, 4.69) is 10.2 Å². The molecule has 0 spiro atoms. The molecule has 21 heavy (non-hydrogen) atoms. The highest BCUT2D eigenvalue weighted by Crippen LogP contribution is 2.36. The van der Waals surface area contributed by atoms with E-state index in [0.717, 1.165) is 0 Å². The first-order chi connectivity index (χ1) is 10.1. The van der Waals surface area contributed by atoms with Crippen molar-refractivity contribution in [3.8, 4) is 0 Å². The van der Waals surface area contributed by atoms with Gasteiger partial charge in [0.15, 0.2) is 10.8 Å². The molecule has 0 saturated heterocycles. The third-order valence-electron chi connectivity index (χ3n) is 3.36. The van der Waals surface area contributed by atoms with Crippen molar-refractivity contribution in [3.05, 3.63) is 52.8 Å².